The Labute approximate surface area is 174 Å². The summed E-state index contributed by atoms with van der Waals surface area (Å²) in [5.41, 5.74) is 5.40. The van der Waals surface area contributed by atoms with Crippen molar-refractivity contribution in [1.82, 2.24) is 34.5 Å². The van der Waals surface area contributed by atoms with Gasteiger partial charge in [-0.2, -0.15) is 15.2 Å². The van der Waals surface area contributed by atoms with E-state index < -0.39 is 0 Å². The molecule has 5 rings (SSSR count). The van der Waals surface area contributed by atoms with Gasteiger partial charge in [0, 0.05) is 31.8 Å². The normalized spacial score (nSPS) is 16.4. The van der Waals surface area contributed by atoms with E-state index >= 15 is 0 Å². The van der Waals surface area contributed by atoms with Crippen LogP contribution in [0.1, 0.15) is 18.9 Å². The van der Waals surface area contributed by atoms with Crippen molar-refractivity contribution in [3.05, 3.63) is 72.6 Å². The Morgan fingerprint density at radius 3 is 2.80 bits per heavy atom. The van der Waals surface area contributed by atoms with Gasteiger partial charge in [-0.25, -0.2) is 9.67 Å². The average Bonchev–Trinajstić information content (AvgIpc) is 3.34. The molecule has 0 spiro atoms. The highest BCUT2D eigenvalue weighted by molar-refractivity contribution is 5.77. The Balaban J connectivity index is 1.42. The van der Waals surface area contributed by atoms with E-state index in [-0.39, 0.29) is 0 Å². The van der Waals surface area contributed by atoms with Crippen LogP contribution in [0.4, 0.5) is 11.6 Å². The third-order valence-corrected chi connectivity index (χ3v) is 5.11. The van der Waals surface area contributed by atoms with E-state index in [9.17, 15) is 0 Å². The van der Waals surface area contributed by atoms with E-state index in [4.69, 9.17) is 4.98 Å². The number of anilines is 2. The van der Waals surface area contributed by atoms with Crippen LogP contribution in [-0.4, -0.2) is 34.5 Å². The molecule has 0 saturated carbocycles. The van der Waals surface area contributed by atoms with Crippen molar-refractivity contribution in [2.45, 2.75) is 19.9 Å². The Morgan fingerprint density at radius 1 is 1.13 bits per heavy atom. The maximum Gasteiger partial charge on any atom is 0.229 e. The minimum atomic E-state index is 0.465. The predicted molar refractivity (Wildman–Crippen MR) is 116 cm³/mol. The number of hydrogen-bond donors (Lipinski definition) is 1. The summed E-state index contributed by atoms with van der Waals surface area (Å²) >= 11 is 0. The molecule has 0 bridgehead atoms. The lowest BCUT2D eigenvalue weighted by Crippen LogP contribution is -2.10. The van der Waals surface area contributed by atoms with Crippen LogP contribution in [0, 0.1) is 5.92 Å². The van der Waals surface area contributed by atoms with E-state index in [0.717, 1.165) is 23.1 Å². The van der Waals surface area contributed by atoms with Crippen LogP contribution in [-0.2, 0) is 13.6 Å². The van der Waals surface area contributed by atoms with Gasteiger partial charge in [0.05, 0.1) is 30.0 Å². The fraction of sp³-hybridized carbons (Fsp3) is 0.227. The highest BCUT2D eigenvalue weighted by Crippen LogP contribution is 2.29. The molecule has 0 amide bonds. The molecule has 0 aliphatic heterocycles. The summed E-state index contributed by atoms with van der Waals surface area (Å²) < 4.78 is 3.68. The lowest BCUT2D eigenvalue weighted by Gasteiger charge is -2.19. The van der Waals surface area contributed by atoms with Gasteiger partial charge in [-0.3, -0.25) is 9.67 Å². The monoisotopic (exact) mass is 398 g/mol. The van der Waals surface area contributed by atoms with Crippen LogP contribution in [0.15, 0.2) is 67.0 Å². The molecule has 0 radical (unpaired) electrons. The molecule has 1 unspecified atom stereocenters. The number of aryl methyl sites for hydroxylation is 1. The van der Waals surface area contributed by atoms with Gasteiger partial charge in [0.25, 0.3) is 0 Å². The third-order valence-electron chi connectivity index (χ3n) is 5.11. The summed E-state index contributed by atoms with van der Waals surface area (Å²) in [6.45, 7) is 2.94. The molecule has 0 saturated heterocycles. The molecule has 1 aliphatic rings. The maximum atomic E-state index is 4.69. The summed E-state index contributed by atoms with van der Waals surface area (Å²) in [6, 6.07) is 4.09. The van der Waals surface area contributed by atoms with Crippen molar-refractivity contribution >= 4 is 28.2 Å². The summed E-state index contributed by atoms with van der Waals surface area (Å²) in [6.07, 6.45) is 16.5. The topological polar surface area (TPSA) is 86.3 Å². The van der Waals surface area contributed by atoms with Crippen molar-refractivity contribution in [2.24, 2.45) is 13.0 Å². The number of hydrogen-bond acceptors (Lipinski definition) is 6. The smallest absolute Gasteiger partial charge is 0.229 e. The van der Waals surface area contributed by atoms with Crippen molar-refractivity contribution in [3.8, 4) is 0 Å². The van der Waals surface area contributed by atoms with Crippen LogP contribution >= 0.6 is 0 Å². The predicted octanol–water partition coefficient (Wildman–Crippen LogP) is 3.75. The summed E-state index contributed by atoms with van der Waals surface area (Å²) in [7, 11) is 1.87. The first-order valence-corrected chi connectivity index (χ1v) is 9.90. The molecule has 150 valence electrons. The van der Waals surface area contributed by atoms with Crippen molar-refractivity contribution in [1.29, 1.82) is 0 Å². The quantitative estimate of drug-likeness (QED) is 0.551. The van der Waals surface area contributed by atoms with Gasteiger partial charge < -0.3 is 5.32 Å². The molecule has 1 aliphatic carbocycles. The first-order chi connectivity index (χ1) is 14.6. The molecule has 1 N–H and O–H groups in total. The number of nitrogens with one attached hydrogen (secondary N) is 1. The van der Waals surface area contributed by atoms with Crippen LogP contribution in [0.2, 0.25) is 0 Å². The minimum absolute atomic E-state index is 0.465. The minimum Gasteiger partial charge on any atom is -0.321 e. The number of fused-ring (bicyclic) bond motifs is 1. The molecule has 0 aromatic carbocycles. The van der Waals surface area contributed by atoms with Gasteiger partial charge >= 0.3 is 0 Å². The third kappa shape index (κ3) is 3.71. The highest BCUT2D eigenvalue weighted by Gasteiger charge is 2.15. The van der Waals surface area contributed by atoms with Crippen LogP contribution in [0.5, 0.6) is 0 Å². The van der Waals surface area contributed by atoms with Gasteiger partial charge in [0.2, 0.25) is 5.95 Å². The SMILES string of the molecule is CC1C=C(c2ccncc2)C=C(Cn2ncc3cnc(Nc4cnn(C)c4)nc32)C1. The lowest BCUT2D eigenvalue weighted by atomic mass is 9.89. The van der Waals surface area contributed by atoms with Gasteiger partial charge in [0.1, 0.15) is 0 Å². The van der Waals surface area contributed by atoms with Crippen molar-refractivity contribution in [3.63, 3.8) is 0 Å². The molecule has 8 nitrogen and oxygen atoms in total. The molecule has 30 heavy (non-hydrogen) atoms. The van der Waals surface area contributed by atoms with Crippen molar-refractivity contribution < 1.29 is 0 Å². The number of aromatic nitrogens is 7. The zero-order valence-corrected chi connectivity index (χ0v) is 16.9. The van der Waals surface area contributed by atoms with E-state index in [1.807, 2.05) is 48.6 Å². The van der Waals surface area contributed by atoms with Crippen LogP contribution in [0.25, 0.3) is 16.6 Å². The standard InChI is InChI=1S/C22H22N8/c1-15-7-16(9-18(8-15)17-3-5-23-6-4-17)13-30-21-19(11-26-30)10-24-22(28-21)27-20-12-25-29(2)14-20/h3-6,8-12,14-15H,7,13H2,1-2H3,(H,24,27,28). The van der Waals surface area contributed by atoms with E-state index in [1.165, 1.54) is 16.7 Å². The van der Waals surface area contributed by atoms with Crippen LogP contribution < -0.4 is 5.32 Å². The number of rotatable bonds is 5. The summed E-state index contributed by atoms with van der Waals surface area (Å²) in [5.74, 6) is 0.994. The second-order valence-corrected chi connectivity index (χ2v) is 7.64. The van der Waals surface area contributed by atoms with Gasteiger partial charge in [-0.05, 0) is 41.2 Å². The highest BCUT2D eigenvalue weighted by atomic mass is 15.3. The molecular weight excluding hydrogens is 376 g/mol. The largest absolute Gasteiger partial charge is 0.321 e. The maximum absolute atomic E-state index is 4.69. The molecule has 0 fully saturated rings. The van der Waals surface area contributed by atoms with E-state index in [2.05, 4.69) is 44.6 Å². The Morgan fingerprint density at radius 2 is 2.00 bits per heavy atom. The summed E-state index contributed by atoms with van der Waals surface area (Å²) in [5, 5.41) is 12.8. The molecular formula is C22H22N8. The summed E-state index contributed by atoms with van der Waals surface area (Å²) in [4.78, 5) is 13.2. The fourth-order valence-electron chi connectivity index (χ4n) is 3.79. The fourth-order valence-corrected chi connectivity index (χ4v) is 3.79. The van der Waals surface area contributed by atoms with Gasteiger partial charge in [-0.1, -0.05) is 19.1 Å². The number of nitrogens with zero attached hydrogens (tertiary/aromatic N) is 7. The molecule has 4 heterocycles. The van der Waals surface area contributed by atoms with Crippen LogP contribution in [0.3, 0.4) is 0 Å². The zero-order chi connectivity index (χ0) is 20.5. The number of pyridine rings is 1. The molecule has 1 atom stereocenters. The van der Waals surface area contributed by atoms with Gasteiger partial charge in [-0.15, -0.1) is 0 Å². The van der Waals surface area contributed by atoms with E-state index in [0.29, 0.717) is 18.4 Å². The average molecular weight is 398 g/mol. The first-order valence-electron chi connectivity index (χ1n) is 9.90. The van der Waals surface area contributed by atoms with Crippen molar-refractivity contribution in [2.75, 3.05) is 5.32 Å². The Kier molecular flexibility index (Phi) is 4.59. The second-order valence-electron chi connectivity index (χ2n) is 7.64. The van der Waals surface area contributed by atoms with E-state index in [1.54, 1.807) is 17.1 Å². The lowest BCUT2D eigenvalue weighted by molar-refractivity contribution is 0.620. The Hall–Kier alpha value is -3.81. The molecule has 8 heteroatoms. The first kappa shape index (κ1) is 18.2. The van der Waals surface area contributed by atoms with Gasteiger partial charge in [0.15, 0.2) is 5.65 Å². The number of allylic oxidation sites excluding steroid dienone is 4. The zero-order valence-electron chi connectivity index (χ0n) is 16.9. The molecule has 4 aromatic heterocycles. The Bertz CT molecular complexity index is 1250. The second kappa shape index (κ2) is 7.55. The molecule has 4 aromatic rings.